The van der Waals surface area contributed by atoms with Crippen LogP contribution in [0.25, 0.3) is 10.9 Å². The molecule has 26 heavy (non-hydrogen) atoms. The number of carbonyl (C=O) groups excluding carboxylic acids is 2. The predicted octanol–water partition coefficient (Wildman–Crippen LogP) is 2.92. The molecule has 9 heteroatoms. The minimum Gasteiger partial charge on any atom is -0.466 e. The van der Waals surface area contributed by atoms with Crippen LogP contribution in [0.5, 0.6) is 0 Å². The Morgan fingerprint density at radius 2 is 2.12 bits per heavy atom. The van der Waals surface area contributed by atoms with Crippen LogP contribution in [0.2, 0.25) is 0 Å². The van der Waals surface area contributed by atoms with Gasteiger partial charge in [-0.25, -0.2) is 15.0 Å². The van der Waals surface area contributed by atoms with Gasteiger partial charge in [0.1, 0.15) is 11.4 Å². The smallest absolute Gasteiger partial charge is 0.311 e. The van der Waals surface area contributed by atoms with Gasteiger partial charge >= 0.3 is 5.97 Å². The molecule has 0 spiro atoms. The number of para-hydroxylation sites is 1. The van der Waals surface area contributed by atoms with Crippen molar-refractivity contribution in [1.29, 1.82) is 0 Å². The van der Waals surface area contributed by atoms with Crippen molar-refractivity contribution < 1.29 is 14.3 Å². The van der Waals surface area contributed by atoms with E-state index in [2.05, 4.69) is 20.3 Å². The zero-order valence-electron chi connectivity index (χ0n) is 14.0. The first-order chi connectivity index (χ1) is 12.7. The van der Waals surface area contributed by atoms with E-state index < -0.39 is 0 Å². The highest BCUT2D eigenvalue weighted by Gasteiger charge is 2.12. The number of esters is 1. The number of thioether (sulfide) groups is 1. The first-order valence-electron chi connectivity index (χ1n) is 7.88. The molecule has 0 unspecified atom stereocenters. The van der Waals surface area contributed by atoms with Gasteiger partial charge in [-0.3, -0.25) is 9.59 Å². The van der Waals surface area contributed by atoms with Crippen molar-refractivity contribution in [3.8, 4) is 0 Å². The van der Waals surface area contributed by atoms with Gasteiger partial charge in [0.2, 0.25) is 5.91 Å². The van der Waals surface area contributed by atoms with Gasteiger partial charge in [-0.05, 0) is 13.0 Å². The Morgan fingerprint density at radius 1 is 1.27 bits per heavy atom. The number of thiazole rings is 1. The third kappa shape index (κ3) is 4.77. The van der Waals surface area contributed by atoms with E-state index in [1.807, 2.05) is 24.3 Å². The molecular formula is C17H16N4O3S2. The molecule has 2 aromatic heterocycles. The van der Waals surface area contributed by atoms with Crippen molar-refractivity contribution >= 4 is 51.0 Å². The Hall–Kier alpha value is -2.52. The summed E-state index contributed by atoms with van der Waals surface area (Å²) in [6.07, 6.45) is 1.59. The number of rotatable bonds is 7. The fourth-order valence-corrected chi connectivity index (χ4v) is 3.71. The number of hydrogen-bond acceptors (Lipinski definition) is 8. The minimum absolute atomic E-state index is 0.0991. The van der Waals surface area contributed by atoms with Gasteiger partial charge in [-0.1, -0.05) is 30.0 Å². The number of amides is 1. The van der Waals surface area contributed by atoms with Crippen LogP contribution in [-0.4, -0.2) is 39.2 Å². The molecule has 134 valence electrons. The van der Waals surface area contributed by atoms with Gasteiger partial charge in [0.05, 0.1) is 30.0 Å². The molecule has 0 fully saturated rings. The zero-order chi connectivity index (χ0) is 18.4. The fraction of sp³-hybridized carbons (Fsp3) is 0.235. The molecule has 3 aromatic rings. The molecule has 1 aromatic carbocycles. The van der Waals surface area contributed by atoms with Crippen molar-refractivity contribution in [3.63, 3.8) is 0 Å². The molecule has 0 radical (unpaired) electrons. The normalized spacial score (nSPS) is 10.7. The van der Waals surface area contributed by atoms with E-state index in [0.717, 1.165) is 15.9 Å². The van der Waals surface area contributed by atoms with Crippen molar-refractivity contribution in [2.75, 3.05) is 17.7 Å². The molecule has 2 heterocycles. The molecule has 7 nitrogen and oxygen atoms in total. The molecule has 1 N–H and O–H groups in total. The number of ether oxygens (including phenoxy) is 1. The molecule has 1 amide bonds. The molecule has 0 atom stereocenters. The number of nitrogens with one attached hydrogen (secondary N) is 1. The predicted molar refractivity (Wildman–Crippen MR) is 101 cm³/mol. The Labute approximate surface area is 158 Å². The maximum absolute atomic E-state index is 12.2. The van der Waals surface area contributed by atoms with Crippen LogP contribution in [0.4, 0.5) is 5.13 Å². The van der Waals surface area contributed by atoms with E-state index in [4.69, 9.17) is 4.74 Å². The lowest BCUT2D eigenvalue weighted by molar-refractivity contribution is -0.142. The highest BCUT2D eigenvalue weighted by molar-refractivity contribution is 8.00. The average molecular weight is 388 g/mol. The van der Waals surface area contributed by atoms with Crippen molar-refractivity contribution in [2.24, 2.45) is 0 Å². The summed E-state index contributed by atoms with van der Waals surface area (Å²) in [7, 11) is 0. The molecule has 0 aliphatic carbocycles. The maximum atomic E-state index is 12.2. The summed E-state index contributed by atoms with van der Waals surface area (Å²) in [6, 6.07) is 7.66. The van der Waals surface area contributed by atoms with Gasteiger partial charge < -0.3 is 10.1 Å². The summed E-state index contributed by atoms with van der Waals surface area (Å²) < 4.78 is 4.88. The third-order valence-electron chi connectivity index (χ3n) is 3.28. The summed E-state index contributed by atoms with van der Waals surface area (Å²) in [6.45, 7) is 2.09. The number of aromatic nitrogens is 3. The fourth-order valence-electron chi connectivity index (χ4n) is 2.19. The number of anilines is 1. The summed E-state index contributed by atoms with van der Waals surface area (Å²) in [5.41, 5.74) is 1.42. The second-order valence-corrected chi connectivity index (χ2v) is 6.98. The van der Waals surface area contributed by atoms with Crippen LogP contribution in [-0.2, 0) is 20.7 Å². The minimum atomic E-state index is -0.332. The summed E-state index contributed by atoms with van der Waals surface area (Å²) >= 11 is 2.62. The highest BCUT2D eigenvalue weighted by Crippen LogP contribution is 2.24. The first-order valence-corrected chi connectivity index (χ1v) is 9.74. The Bertz CT molecular complexity index is 924. The molecule has 0 aliphatic rings. The van der Waals surface area contributed by atoms with E-state index in [-0.39, 0.29) is 24.1 Å². The van der Waals surface area contributed by atoms with E-state index in [1.54, 1.807) is 12.3 Å². The monoisotopic (exact) mass is 388 g/mol. The van der Waals surface area contributed by atoms with E-state index in [9.17, 15) is 9.59 Å². The van der Waals surface area contributed by atoms with E-state index in [1.165, 1.54) is 29.4 Å². The molecule has 3 rings (SSSR count). The van der Waals surface area contributed by atoms with Crippen molar-refractivity contribution in [2.45, 2.75) is 18.4 Å². The van der Waals surface area contributed by atoms with Crippen molar-refractivity contribution in [1.82, 2.24) is 15.0 Å². The maximum Gasteiger partial charge on any atom is 0.311 e. The largest absolute Gasteiger partial charge is 0.466 e. The van der Waals surface area contributed by atoms with Crippen LogP contribution in [0, 0.1) is 0 Å². The number of fused-ring (bicyclic) bond motifs is 1. The van der Waals surface area contributed by atoms with Crippen LogP contribution in [0.15, 0.2) is 41.0 Å². The average Bonchev–Trinajstić information content (AvgIpc) is 3.06. The van der Waals surface area contributed by atoms with Gasteiger partial charge in [0.25, 0.3) is 0 Å². The molecule has 0 bridgehead atoms. The zero-order valence-corrected chi connectivity index (χ0v) is 15.6. The Kier molecular flexibility index (Phi) is 6.13. The van der Waals surface area contributed by atoms with Crippen LogP contribution in [0.1, 0.15) is 12.6 Å². The number of carbonyl (C=O) groups is 2. The number of nitrogens with zero attached hydrogens (tertiary/aromatic N) is 3. The Morgan fingerprint density at radius 3 is 2.96 bits per heavy atom. The number of benzene rings is 1. The summed E-state index contributed by atoms with van der Waals surface area (Å²) in [5, 5.41) is 6.61. The van der Waals surface area contributed by atoms with Crippen LogP contribution >= 0.6 is 23.1 Å². The quantitative estimate of drug-likeness (QED) is 0.378. The first kappa shape index (κ1) is 18.3. The SMILES string of the molecule is CCOC(=O)Cc1csc(NC(=O)CSc2ncnc3ccccc23)n1. The van der Waals surface area contributed by atoms with E-state index >= 15 is 0 Å². The highest BCUT2D eigenvalue weighted by atomic mass is 32.2. The molecule has 0 saturated heterocycles. The van der Waals surface area contributed by atoms with Gasteiger partial charge in [-0.15, -0.1) is 11.3 Å². The van der Waals surface area contributed by atoms with Gasteiger partial charge in [0.15, 0.2) is 5.13 Å². The van der Waals surface area contributed by atoms with Gasteiger partial charge in [0, 0.05) is 10.8 Å². The standard InChI is InChI=1S/C17H16N4O3S2/c1-2-24-15(23)7-11-8-26-17(20-11)21-14(22)9-25-16-12-5-3-4-6-13(12)18-10-19-16/h3-6,8,10H,2,7,9H2,1H3,(H,20,21,22). The van der Waals surface area contributed by atoms with E-state index in [0.29, 0.717) is 17.4 Å². The third-order valence-corrected chi connectivity index (χ3v) is 5.09. The lowest BCUT2D eigenvalue weighted by atomic mass is 10.2. The lowest BCUT2D eigenvalue weighted by Gasteiger charge is -2.04. The number of hydrogen-bond donors (Lipinski definition) is 1. The molecular weight excluding hydrogens is 372 g/mol. The lowest BCUT2D eigenvalue weighted by Crippen LogP contribution is -2.14. The molecule has 0 aliphatic heterocycles. The topological polar surface area (TPSA) is 94.1 Å². The van der Waals surface area contributed by atoms with Crippen LogP contribution < -0.4 is 5.32 Å². The summed E-state index contributed by atoms with van der Waals surface area (Å²) in [5.74, 6) is -0.315. The second-order valence-electron chi connectivity index (χ2n) is 5.16. The second kappa shape index (κ2) is 8.72. The van der Waals surface area contributed by atoms with Crippen LogP contribution in [0.3, 0.4) is 0 Å². The Balaban J connectivity index is 1.56. The molecule has 0 saturated carbocycles. The van der Waals surface area contributed by atoms with Crippen molar-refractivity contribution in [3.05, 3.63) is 41.7 Å². The van der Waals surface area contributed by atoms with Gasteiger partial charge in [-0.2, -0.15) is 0 Å². The summed E-state index contributed by atoms with van der Waals surface area (Å²) in [4.78, 5) is 36.3.